The summed E-state index contributed by atoms with van der Waals surface area (Å²) >= 11 is 0. The summed E-state index contributed by atoms with van der Waals surface area (Å²) in [6.07, 6.45) is 4.67. The van der Waals surface area contributed by atoms with Crippen molar-refractivity contribution in [3.63, 3.8) is 0 Å². The van der Waals surface area contributed by atoms with Crippen LogP contribution in [0.4, 0.5) is 0 Å². The van der Waals surface area contributed by atoms with Gasteiger partial charge in [-0.05, 0) is 51.1 Å². The minimum atomic E-state index is -0.739. The van der Waals surface area contributed by atoms with Crippen molar-refractivity contribution >= 4 is 11.9 Å². The molecule has 0 aliphatic carbocycles. The average Bonchev–Trinajstić information content (AvgIpc) is 3.05. The van der Waals surface area contributed by atoms with Crippen molar-refractivity contribution in [3.8, 4) is 0 Å². The smallest absolute Gasteiger partial charge is 0.308 e. The number of fused-ring (bicyclic) bond motifs is 2. The van der Waals surface area contributed by atoms with Crippen LogP contribution in [0, 0.1) is 17.3 Å². The molecule has 0 aromatic rings. The lowest BCUT2D eigenvalue weighted by molar-refractivity contribution is -0.147. The Balaban J connectivity index is 1.77. The molecule has 3 rings (SSSR count). The van der Waals surface area contributed by atoms with Gasteiger partial charge in [-0.3, -0.25) is 9.59 Å². The Kier molecular flexibility index (Phi) is 3.72. The number of carbonyl (C=O) groups is 2. The quantitative estimate of drug-likeness (QED) is 0.827. The van der Waals surface area contributed by atoms with Crippen LogP contribution < -0.4 is 5.32 Å². The first-order valence-electron chi connectivity index (χ1n) is 8.19. The first kappa shape index (κ1) is 14.8. The molecule has 3 fully saturated rings. The molecule has 2 bridgehead atoms. The van der Waals surface area contributed by atoms with Gasteiger partial charge in [0, 0.05) is 17.5 Å². The first-order valence-corrected chi connectivity index (χ1v) is 8.19. The van der Waals surface area contributed by atoms with E-state index in [1.807, 2.05) is 18.7 Å². The van der Waals surface area contributed by atoms with E-state index in [9.17, 15) is 14.7 Å². The van der Waals surface area contributed by atoms with Gasteiger partial charge < -0.3 is 15.3 Å². The summed E-state index contributed by atoms with van der Waals surface area (Å²) in [5.41, 5.74) is -0.401. The van der Waals surface area contributed by atoms with Crippen LogP contribution in [0.25, 0.3) is 0 Å². The number of nitrogens with one attached hydrogen (secondary N) is 1. The third kappa shape index (κ3) is 2.35. The second-order valence-electron chi connectivity index (χ2n) is 7.46. The molecule has 5 nitrogen and oxygen atoms in total. The predicted octanol–water partition coefficient (Wildman–Crippen LogP) is 1.48. The number of piperidine rings is 1. The molecule has 0 radical (unpaired) electrons. The van der Waals surface area contributed by atoms with Gasteiger partial charge in [-0.15, -0.1) is 0 Å². The first-order chi connectivity index (χ1) is 9.93. The average molecular weight is 294 g/mol. The van der Waals surface area contributed by atoms with Gasteiger partial charge >= 0.3 is 5.97 Å². The molecule has 118 valence electrons. The Hall–Kier alpha value is -1.10. The maximum Gasteiger partial charge on any atom is 0.308 e. The van der Waals surface area contributed by atoms with Crippen LogP contribution >= 0.6 is 0 Å². The summed E-state index contributed by atoms with van der Waals surface area (Å²) in [6, 6.07) is 0.0789. The number of aliphatic carboxylic acids is 1. The molecular formula is C16H26N2O3. The Morgan fingerprint density at radius 1 is 1.24 bits per heavy atom. The van der Waals surface area contributed by atoms with E-state index >= 15 is 0 Å². The number of carbonyl (C=O) groups excluding carboxylic acids is 1. The Labute approximate surface area is 126 Å². The fourth-order valence-electron chi connectivity index (χ4n) is 4.55. The van der Waals surface area contributed by atoms with E-state index in [0.29, 0.717) is 12.3 Å². The van der Waals surface area contributed by atoms with Crippen LogP contribution in [0.1, 0.15) is 46.0 Å². The van der Waals surface area contributed by atoms with E-state index in [-0.39, 0.29) is 23.9 Å². The zero-order valence-electron chi connectivity index (χ0n) is 13.0. The number of carboxylic acids is 1. The second-order valence-corrected chi connectivity index (χ2v) is 7.46. The van der Waals surface area contributed by atoms with Gasteiger partial charge in [0.05, 0.1) is 5.92 Å². The van der Waals surface area contributed by atoms with E-state index < -0.39 is 11.4 Å². The highest BCUT2D eigenvalue weighted by atomic mass is 16.4. The van der Waals surface area contributed by atoms with Crippen LogP contribution in [0.2, 0.25) is 0 Å². The number of carboxylic acid groups (broad SMARTS) is 1. The SMILES string of the molecule is CC(C)(C(=O)N1C2CCC1C(C(=O)O)C2)C1CCCNC1. The summed E-state index contributed by atoms with van der Waals surface area (Å²) < 4.78 is 0. The minimum absolute atomic E-state index is 0.0733. The molecule has 3 heterocycles. The van der Waals surface area contributed by atoms with Crippen molar-refractivity contribution in [1.29, 1.82) is 0 Å². The molecule has 3 saturated heterocycles. The molecule has 1 amide bonds. The molecule has 0 saturated carbocycles. The predicted molar refractivity (Wildman–Crippen MR) is 78.8 cm³/mol. The van der Waals surface area contributed by atoms with E-state index in [0.717, 1.165) is 38.8 Å². The highest BCUT2D eigenvalue weighted by molar-refractivity contribution is 5.85. The fraction of sp³-hybridized carbons (Fsp3) is 0.875. The van der Waals surface area contributed by atoms with Gasteiger partial charge in [0.1, 0.15) is 0 Å². The molecule has 5 heteroatoms. The van der Waals surface area contributed by atoms with Crippen LogP contribution in [-0.2, 0) is 9.59 Å². The van der Waals surface area contributed by atoms with Crippen molar-refractivity contribution in [3.05, 3.63) is 0 Å². The standard InChI is InChI=1S/C16H26N2O3/c1-16(2,10-4-3-7-17-9-10)15(21)18-11-5-6-13(18)12(8-11)14(19)20/h10-13,17H,3-9H2,1-2H3,(H,19,20). The monoisotopic (exact) mass is 294 g/mol. The molecule has 4 atom stereocenters. The summed E-state index contributed by atoms with van der Waals surface area (Å²) in [5, 5.41) is 12.7. The van der Waals surface area contributed by atoms with Crippen molar-refractivity contribution in [2.24, 2.45) is 17.3 Å². The number of hydrogen-bond donors (Lipinski definition) is 2. The van der Waals surface area contributed by atoms with Crippen molar-refractivity contribution in [2.75, 3.05) is 13.1 Å². The van der Waals surface area contributed by atoms with Crippen molar-refractivity contribution in [2.45, 2.75) is 58.0 Å². The highest BCUT2D eigenvalue weighted by Gasteiger charge is 2.54. The van der Waals surface area contributed by atoms with Crippen LogP contribution in [-0.4, -0.2) is 47.1 Å². The molecule has 0 spiro atoms. The van der Waals surface area contributed by atoms with Gasteiger partial charge in [-0.2, -0.15) is 0 Å². The molecule has 0 aromatic heterocycles. The lowest BCUT2D eigenvalue weighted by Crippen LogP contribution is -2.51. The molecule has 0 aromatic carbocycles. The van der Waals surface area contributed by atoms with E-state index in [1.165, 1.54) is 0 Å². The van der Waals surface area contributed by atoms with E-state index in [4.69, 9.17) is 0 Å². The van der Waals surface area contributed by atoms with E-state index in [1.54, 1.807) is 0 Å². The molecule has 21 heavy (non-hydrogen) atoms. The zero-order valence-corrected chi connectivity index (χ0v) is 13.0. The van der Waals surface area contributed by atoms with Crippen molar-refractivity contribution < 1.29 is 14.7 Å². The third-order valence-electron chi connectivity index (χ3n) is 5.96. The molecule has 2 N–H and O–H groups in total. The Morgan fingerprint density at radius 2 is 2.00 bits per heavy atom. The Morgan fingerprint density at radius 3 is 2.57 bits per heavy atom. The normalized spacial score (nSPS) is 36.0. The largest absolute Gasteiger partial charge is 0.481 e. The van der Waals surface area contributed by atoms with Crippen LogP contribution in [0.15, 0.2) is 0 Å². The zero-order chi connectivity index (χ0) is 15.2. The maximum absolute atomic E-state index is 13.1. The molecule has 4 unspecified atom stereocenters. The summed E-state index contributed by atoms with van der Waals surface area (Å²) in [6.45, 7) is 6.02. The number of amides is 1. The van der Waals surface area contributed by atoms with Gasteiger partial charge in [-0.1, -0.05) is 13.8 Å². The van der Waals surface area contributed by atoms with E-state index in [2.05, 4.69) is 5.32 Å². The minimum Gasteiger partial charge on any atom is -0.481 e. The maximum atomic E-state index is 13.1. The molecule has 3 aliphatic heterocycles. The number of nitrogens with zero attached hydrogens (tertiary/aromatic N) is 1. The summed E-state index contributed by atoms with van der Waals surface area (Å²) in [7, 11) is 0. The number of rotatable bonds is 3. The summed E-state index contributed by atoms with van der Waals surface area (Å²) in [5.74, 6) is -0.570. The van der Waals surface area contributed by atoms with Crippen molar-refractivity contribution in [1.82, 2.24) is 10.2 Å². The van der Waals surface area contributed by atoms with Gasteiger partial charge in [-0.25, -0.2) is 0 Å². The lowest BCUT2D eigenvalue weighted by atomic mass is 9.74. The topological polar surface area (TPSA) is 69.6 Å². The van der Waals surface area contributed by atoms with Gasteiger partial charge in [0.25, 0.3) is 0 Å². The highest BCUT2D eigenvalue weighted by Crippen LogP contribution is 2.45. The summed E-state index contributed by atoms with van der Waals surface area (Å²) in [4.78, 5) is 26.4. The molecular weight excluding hydrogens is 268 g/mol. The Bertz CT molecular complexity index is 443. The number of hydrogen-bond acceptors (Lipinski definition) is 3. The van der Waals surface area contributed by atoms with Gasteiger partial charge in [0.15, 0.2) is 0 Å². The fourth-order valence-corrected chi connectivity index (χ4v) is 4.55. The lowest BCUT2D eigenvalue weighted by Gasteiger charge is -2.40. The van der Waals surface area contributed by atoms with Crippen LogP contribution in [0.3, 0.4) is 0 Å². The third-order valence-corrected chi connectivity index (χ3v) is 5.96. The van der Waals surface area contributed by atoms with Crippen LogP contribution in [0.5, 0.6) is 0 Å². The van der Waals surface area contributed by atoms with Gasteiger partial charge in [0.2, 0.25) is 5.91 Å². The second kappa shape index (κ2) is 5.27. The molecule has 3 aliphatic rings.